The second-order valence-electron chi connectivity index (χ2n) is 4.86. The van der Waals surface area contributed by atoms with E-state index in [1.165, 1.54) is 0 Å². The number of nitrogens with one attached hydrogen (secondary N) is 1. The topological polar surface area (TPSA) is 87.4 Å². The molecule has 0 unspecified atom stereocenters. The zero-order chi connectivity index (χ0) is 14.6. The Labute approximate surface area is 117 Å². The molecular formula is C14H19N3O3. The van der Waals surface area contributed by atoms with Gasteiger partial charge in [0.1, 0.15) is 6.54 Å². The highest BCUT2D eigenvalue weighted by atomic mass is 16.3. The van der Waals surface area contributed by atoms with Gasteiger partial charge in [-0.2, -0.15) is 0 Å². The summed E-state index contributed by atoms with van der Waals surface area (Å²) in [5.74, 6) is -0.266. The largest absolute Gasteiger partial charge is 0.394 e. The van der Waals surface area contributed by atoms with Crippen LogP contribution in [0.4, 0.5) is 0 Å². The molecule has 0 saturated carbocycles. The zero-order valence-corrected chi connectivity index (χ0v) is 11.4. The number of aliphatic hydroxyl groups excluding tert-OH is 2. The van der Waals surface area contributed by atoms with Crippen LogP contribution in [0.25, 0.3) is 11.0 Å². The summed E-state index contributed by atoms with van der Waals surface area (Å²) in [6, 6.07) is 7.54. The lowest BCUT2D eigenvalue weighted by Crippen LogP contribution is -2.54. The Bertz CT molecular complexity index is 582. The van der Waals surface area contributed by atoms with Gasteiger partial charge in [0.2, 0.25) is 5.91 Å². The summed E-state index contributed by atoms with van der Waals surface area (Å²) in [5.41, 5.74) is 0.733. The minimum Gasteiger partial charge on any atom is -0.394 e. The van der Waals surface area contributed by atoms with Crippen molar-refractivity contribution in [2.24, 2.45) is 0 Å². The number of fused-ring (bicyclic) bond motifs is 1. The zero-order valence-electron chi connectivity index (χ0n) is 11.4. The first kappa shape index (κ1) is 14.5. The maximum atomic E-state index is 12.1. The Kier molecular flexibility index (Phi) is 4.36. The first-order chi connectivity index (χ1) is 9.64. The van der Waals surface area contributed by atoms with Gasteiger partial charge in [-0.1, -0.05) is 19.1 Å². The second kappa shape index (κ2) is 6.02. The lowest BCUT2D eigenvalue weighted by Gasteiger charge is -2.29. The third-order valence-corrected chi connectivity index (χ3v) is 3.53. The Hall–Kier alpha value is -1.92. The summed E-state index contributed by atoms with van der Waals surface area (Å²) in [7, 11) is 0. The summed E-state index contributed by atoms with van der Waals surface area (Å²) in [5, 5.41) is 21.4. The van der Waals surface area contributed by atoms with Crippen LogP contribution in [0.3, 0.4) is 0 Å². The smallest absolute Gasteiger partial charge is 0.240 e. The fraction of sp³-hybridized carbons (Fsp3) is 0.429. The standard InChI is InChI=1S/C14H19N3O3/c1-2-14(8-18,9-19)16-13(20)7-17-10-15-11-5-3-4-6-12(11)17/h3-6,10,18-19H,2,7-9H2,1H3,(H,16,20). The van der Waals surface area contributed by atoms with E-state index in [4.69, 9.17) is 0 Å². The van der Waals surface area contributed by atoms with Crippen LogP contribution < -0.4 is 5.32 Å². The number of carbonyl (C=O) groups excluding carboxylic acids is 1. The Morgan fingerprint density at radius 1 is 1.35 bits per heavy atom. The van der Waals surface area contributed by atoms with Gasteiger partial charge in [-0.3, -0.25) is 4.79 Å². The molecule has 6 heteroatoms. The van der Waals surface area contributed by atoms with Crippen LogP contribution in [0.5, 0.6) is 0 Å². The molecule has 0 saturated heterocycles. The van der Waals surface area contributed by atoms with Crippen molar-refractivity contribution >= 4 is 16.9 Å². The van der Waals surface area contributed by atoms with E-state index in [0.717, 1.165) is 11.0 Å². The van der Waals surface area contributed by atoms with E-state index in [0.29, 0.717) is 6.42 Å². The summed E-state index contributed by atoms with van der Waals surface area (Å²) < 4.78 is 1.74. The normalized spacial score (nSPS) is 11.8. The lowest BCUT2D eigenvalue weighted by molar-refractivity contribution is -0.125. The van der Waals surface area contributed by atoms with Crippen molar-refractivity contribution in [2.75, 3.05) is 13.2 Å². The van der Waals surface area contributed by atoms with E-state index in [1.807, 2.05) is 24.3 Å². The number of benzene rings is 1. The van der Waals surface area contributed by atoms with Crippen molar-refractivity contribution in [1.82, 2.24) is 14.9 Å². The predicted molar refractivity (Wildman–Crippen MR) is 75.1 cm³/mol. The molecule has 108 valence electrons. The third kappa shape index (κ3) is 2.81. The van der Waals surface area contributed by atoms with Crippen LogP contribution in [-0.4, -0.2) is 44.4 Å². The van der Waals surface area contributed by atoms with E-state index in [2.05, 4.69) is 10.3 Å². The highest BCUT2D eigenvalue weighted by Gasteiger charge is 2.28. The molecule has 0 aliphatic carbocycles. The summed E-state index contributed by atoms with van der Waals surface area (Å²) in [6.07, 6.45) is 2.06. The molecule has 6 nitrogen and oxygen atoms in total. The van der Waals surface area contributed by atoms with Crippen molar-refractivity contribution in [3.63, 3.8) is 0 Å². The molecular weight excluding hydrogens is 258 g/mol. The number of nitrogens with zero attached hydrogens (tertiary/aromatic N) is 2. The summed E-state index contributed by atoms with van der Waals surface area (Å²) in [6.45, 7) is 1.31. The molecule has 2 aromatic rings. The van der Waals surface area contributed by atoms with E-state index in [-0.39, 0.29) is 25.7 Å². The average Bonchev–Trinajstić information content (AvgIpc) is 2.88. The Morgan fingerprint density at radius 3 is 2.70 bits per heavy atom. The molecule has 0 spiro atoms. The van der Waals surface area contributed by atoms with Crippen LogP contribution in [0.15, 0.2) is 30.6 Å². The van der Waals surface area contributed by atoms with Crippen molar-refractivity contribution < 1.29 is 15.0 Å². The van der Waals surface area contributed by atoms with Crippen molar-refractivity contribution in [3.05, 3.63) is 30.6 Å². The van der Waals surface area contributed by atoms with Crippen molar-refractivity contribution in [1.29, 1.82) is 0 Å². The van der Waals surface area contributed by atoms with Gasteiger partial charge in [0.25, 0.3) is 0 Å². The quantitative estimate of drug-likeness (QED) is 0.708. The highest BCUT2D eigenvalue weighted by molar-refractivity contribution is 5.80. The summed E-state index contributed by atoms with van der Waals surface area (Å²) in [4.78, 5) is 16.3. The lowest BCUT2D eigenvalue weighted by atomic mass is 9.98. The fourth-order valence-corrected chi connectivity index (χ4v) is 2.07. The minimum absolute atomic E-state index is 0.0995. The predicted octanol–water partition coefficient (Wildman–Crippen LogP) is 0.286. The summed E-state index contributed by atoms with van der Waals surface area (Å²) >= 11 is 0. The molecule has 1 heterocycles. The van der Waals surface area contributed by atoms with Crippen molar-refractivity contribution in [3.8, 4) is 0 Å². The van der Waals surface area contributed by atoms with Crippen LogP contribution in [0.2, 0.25) is 0 Å². The first-order valence-corrected chi connectivity index (χ1v) is 6.57. The number of imidazole rings is 1. The molecule has 1 amide bonds. The molecule has 0 radical (unpaired) electrons. The van der Waals surface area contributed by atoms with Gasteiger partial charge >= 0.3 is 0 Å². The van der Waals surface area contributed by atoms with E-state index in [1.54, 1.807) is 17.8 Å². The van der Waals surface area contributed by atoms with Crippen molar-refractivity contribution in [2.45, 2.75) is 25.4 Å². The number of aromatic nitrogens is 2. The molecule has 0 atom stereocenters. The molecule has 1 aromatic heterocycles. The SMILES string of the molecule is CCC(CO)(CO)NC(=O)Cn1cnc2ccccc21. The maximum Gasteiger partial charge on any atom is 0.240 e. The minimum atomic E-state index is -0.965. The van der Waals surface area contributed by atoms with Gasteiger partial charge in [0.15, 0.2) is 0 Å². The van der Waals surface area contributed by atoms with E-state index < -0.39 is 5.54 Å². The van der Waals surface area contributed by atoms with Gasteiger partial charge in [-0.25, -0.2) is 4.98 Å². The molecule has 1 aromatic carbocycles. The van der Waals surface area contributed by atoms with Gasteiger partial charge < -0.3 is 20.1 Å². The number of para-hydroxylation sites is 2. The fourth-order valence-electron chi connectivity index (χ4n) is 2.07. The van der Waals surface area contributed by atoms with Crippen LogP contribution in [0, 0.1) is 0 Å². The van der Waals surface area contributed by atoms with Crippen LogP contribution in [0.1, 0.15) is 13.3 Å². The van der Waals surface area contributed by atoms with E-state index in [9.17, 15) is 15.0 Å². The second-order valence-corrected chi connectivity index (χ2v) is 4.86. The third-order valence-electron chi connectivity index (χ3n) is 3.53. The molecule has 0 bridgehead atoms. The van der Waals surface area contributed by atoms with Gasteiger partial charge in [0.05, 0.1) is 36.1 Å². The number of carbonyl (C=O) groups is 1. The highest BCUT2D eigenvalue weighted by Crippen LogP contribution is 2.12. The molecule has 2 rings (SSSR count). The van der Waals surface area contributed by atoms with E-state index >= 15 is 0 Å². The molecule has 20 heavy (non-hydrogen) atoms. The number of rotatable bonds is 6. The van der Waals surface area contributed by atoms with Gasteiger partial charge in [0, 0.05) is 0 Å². The Balaban J connectivity index is 2.12. The number of hydrogen-bond acceptors (Lipinski definition) is 4. The molecule has 3 N–H and O–H groups in total. The molecule has 0 aliphatic rings. The molecule has 0 fully saturated rings. The van der Waals surface area contributed by atoms with Gasteiger partial charge in [-0.05, 0) is 18.6 Å². The van der Waals surface area contributed by atoms with Crippen LogP contribution >= 0.6 is 0 Å². The van der Waals surface area contributed by atoms with Gasteiger partial charge in [-0.15, -0.1) is 0 Å². The number of amides is 1. The molecule has 0 aliphatic heterocycles. The Morgan fingerprint density at radius 2 is 2.05 bits per heavy atom. The number of hydrogen-bond donors (Lipinski definition) is 3. The average molecular weight is 277 g/mol. The van der Waals surface area contributed by atoms with Crippen LogP contribution in [-0.2, 0) is 11.3 Å². The maximum absolute atomic E-state index is 12.1. The first-order valence-electron chi connectivity index (χ1n) is 6.57. The monoisotopic (exact) mass is 277 g/mol. The number of aliphatic hydroxyl groups is 2.